The molecule has 7 heteroatoms. The third kappa shape index (κ3) is 7.87. The van der Waals surface area contributed by atoms with E-state index in [-0.39, 0.29) is 0 Å². The highest BCUT2D eigenvalue weighted by atomic mass is 16.5. The fourth-order valence-corrected chi connectivity index (χ4v) is 3.98. The van der Waals surface area contributed by atoms with E-state index in [9.17, 15) is 0 Å². The van der Waals surface area contributed by atoms with Crippen LogP contribution in [0.1, 0.15) is 30.9 Å². The Hall–Kier alpha value is -1.67. The Morgan fingerprint density at radius 3 is 2.57 bits per heavy atom. The summed E-state index contributed by atoms with van der Waals surface area (Å²) < 4.78 is 16.8. The summed E-state index contributed by atoms with van der Waals surface area (Å²) in [5.74, 6) is 1.50. The van der Waals surface area contributed by atoms with Crippen LogP contribution in [0.5, 0.6) is 0 Å². The summed E-state index contributed by atoms with van der Waals surface area (Å²) in [5, 5.41) is 6.92. The summed E-state index contributed by atoms with van der Waals surface area (Å²) in [4.78, 5) is 6.88. The third-order valence-corrected chi connectivity index (χ3v) is 5.81. The molecule has 2 saturated heterocycles. The number of benzene rings is 1. The molecular weight excluding hydrogens is 380 g/mol. The standard InChI is InChI=1S/C23H38N4O3/c1-24-23(25-10-5-13-30-19-20-8-14-28-15-9-20)26-18-22(21-6-3-2-4-7-21)27-11-16-29-17-12-27/h2-4,6-7,20,22H,5,8-19H2,1H3,(H2,24,25,26). The summed E-state index contributed by atoms with van der Waals surface area (Å²) in [5.41, 5.74) is 1.32. The predicted molar refractivity (Wildman–Crippen MR) is 120 cm³/mol. The van der Waals surface area contributed by atoms with Crippen LogP contribution in [0.4, 0.5) is 0 Å². The van der Waals surface area contributed by atoms with Gasteiger partial charge in [-0.1, -0.05) is 30.3 Å². The van der Waals surface area contributed by atoms with Crippen LogP contribution in [-0.2, 0) is 14.2 Å². The Bertz CT molecular complexity index is 602. The zero-order valence-corrected chi connectivity index (χ0v) is 18.4. The zero-order valence-electron chi connectivity index (χ0n) is 18.4. The average molecular weight is 419 g/mol. The Morgan fingerprint density at radius 2 is 1.83 bits per heavy atom. The van der Waals surface area contributed by atoms with Gasteiger partial charge in [-0.3, -0.25) is 9.89 Å². The van der Waals surface area contributed by atoms with Gasteiger partial charge in [-0.2, -0.15) is 0 Å². The number of nitrogens with zero attached hydrogens (tertiary/aromatic N) is 2. The Labute approximate surface area is 181 Å². The summed E-state index contributed by atoms with van der Waals surface area (Å²) in [7, 11) is 1.82. The molecule has 2 aliphatic heterocycles. The molecule has 0 amide bonds. The molecule has 168 valence electrons. The molecule has 7 nitrogen and oxygen atoms in total. The van der Waals surface area contributed by atoms with Crippen molar-refractivity contribution in [2.75, 3.05) is 72.9 Å². The second kappa shape index (κ2) is 13.6. The van der Waals surface area contributed by atoms with Crippen molar-refractivity contribution >= 4 is 5.96 Å². The van der Waals surface area contributed by atoms with E-state index in [1.165, 1.54) is 5.56 Å². The van der Waals surface area contributed by atoms with E-state index >= 15 is 0 Å². The quantitative estimate of drug-likeness (QED) is 0.344. The molecule has 0 aliphatic carbocycles. The molecule has 2 heterocycles. The average Bonchev–Trinajstić information content (AvgIpc) is 2.82. The van der Waals surface area contributed by atoms with Gasteiger partial charge in [0.25, 0.3) is 0 Å². The summed E-state index contributed by atoms with van der Waals surface area (Å²) >= 11 is 0. The highest BCUT2D eigenvalue weighted by Crippen LogP contribution is 2.21. The fourth-order valence-electron chi connectivity index (χ4n) is 3.98. The Balaban J connectivity index is 1.37. The minimum Gasteiger partial charge on any atom is -0.381 e. The zero-order chi connectivity index (χ0) is 20.9. The van der Waals surface area contributed by atoms with Crippen LogP contribution in [0.25, 0.3) is 0 Å². The van der Waals surface area contributed by atoms with E-state index in [1.807, 2.05) is 7.05 Å². The molecule has 1 aromatic rings. The van der Waals surface area contributed by atoms with Gasteiger partial charge >= 0.3 is 0 Å². The van der Waals surface area contributed by atoms with Crippen molar-refractivity contribution in [3.63, 3.8) is 0 Å². The number of hydrogen-bond acceptors (Lipinski definition) is 5. The molecule has 0 aromatic heterocycles. The van der Waals surface area contributed by atoms with Gasteiger partial charge < -0.3 is 24.8 Å². The molecular formula is C23H38N4O3. The number of ether oxygens (including phenoxy) is 3. The topological polar surface area (TPSA) is 67.4 Å². The summed E-state index contributed by atoms with van der Waals surface area (Å²) in [6.45, 7) is 8.56. The summed E-state index contributed by atoms with van der Waals surface area (Å²) in [6, 6.07) is 11.0. The SMILES string of the molecule is CN=C(NCCCOCC1CCOCC1)NCC(c1ccccc1)N1CCOCC1. The molecule has 1 atom stereocenters. The van der Waals surface area contributed by atoms with E-state index in [0.717, 1.165) is 91.0 Å². The summed E-state index contributed by atoms with van der Waals surface area (Å²) in [6.07, 6.45) is 3.22. The maximum absolute atomic E-state index is 5.85. The van der Waals surface area contributed by atoms with Crippen LogP contribution >= 0.6 is 0 Å². The molecule has 1 aromatic carbocycles. The molecule has 30 heavy (non-hydrogen) atoms. The van der Waals surface area contributed by atoms with Crippen molar-refractivity contribution in [2.24, 2.45) is 10.9 Å². The van der Waals surface area contributed by atoms with Crippen molar-refractivity contribution in [3.05, 3.63) is 35.9 Å². The lowest BCUT2D eigenvalue weighted by Crippen LogP contribution is -2.46. The first-order valence-corrected chi connectivity index (χ1v) is 11.3. The monoisotopic (exact) mass is 418 g/mol. The van der Waals surface area contributed by atoms with Crippen LogP contribution in [0.2, 0.25) is 0 Å². The van der Waals surface area contributed by atoms with Gasteiger partial charge in [0.1, 0.15) is 0 Å². The first kappa shape index (κ1) is 23.0. The van der Waals surface area contributed by atoms with E-state index in [0.29, 0.717) is 12.0 Å². The first-order chi connectivity index (χ1) is 14.9. The lowest BCUT2D eigenvalue weighted by atomic mass is 10.0. The predicted octanol–water partition coefficient (Wildman–Crippen LogP) is 2.06. The molecule has 2 aliphatic rings. The highest BCUT2D eigenvalue weighted by Gasteiger charge is 2.22. The van der Waals surface area contributed by atoms with Crippen molar-refractivity contribution in [3.8, 4) is 0 Å². The third-order valence-electron chi connectivity index (χ3n) is 5.81. The molecule has 0 radical (unpaired) electrons. The number of morpholine rings is 1. The smallest absolute Gasteiger partial charge is 0.191 e. The molecule has 0 bridgehead atoms. The van der Waals surface area contributed by atoms with Gasteiger partial charge in [0.2, 0.25) is 0 Å². The lowest BCUT2D eigenvalue weighted by molar-refractivity contribution is 0.0169. The van der Waals surface area contributed by atoms with Gasteiger partial charge in [-0.05, 0) is 30.7 Å². The normalized spacial score (nSPS) is 20.1. The van der Waals surface area contributed by atoms with Crippen molar-refractivity contribution in [1.82, 2.24) is 15.5 Å². The van der Waals surface area contributed by atoms with Crippen molar-refractivity contribution in [2.45, 2.75) is 25.3 Å². The number of guanidine groups is 1. The van der Waals surface area contributed by atoms with Gasteiger partial charge in [0, 0.05) is 59.7 Å². The molecule has 2 fully saturated rings. The van der Waals surface area contributed by atoms with Gasteiger partial charge in [0.05, 0.1) is 19.3 Å². The minimum atomic E-state index is 0.302. The van der Waals surface area contributed by atoms with Gasteiger partial charge in [-0.15, -0.1) is 0 Å². The largest absolute Gasteiger partial charge is 0.381 e. The Morgan fingerprint density at radius 1 is 1.10 bits per heavy atom. The van der Waals surface area contributed by atoms with Crippen LogP contribution in [-0.4, -0.2) is 83.7 Å². The van der Waals surface area contributed by atoms with E-state index < -0.39 is 0 Å². The maximum Gasteiger partial charge on any atom is 0.191 e. The van der Waals surface area contributed by atoms with Crippen LogP contribution in [0.3, 0.4) is 0 Å². The number of nitrogens with one attached hydrogen (secondary N) is 2. The highest BCUT2D eigenvalue weighted by molar-refractivity contribution is 5.79. The second-order valence-electron chi connectivity index (χ2n) is 7.94. The van der Waals surface area contributed by atoms with Gasteiger partial charge in [-0.25, -0.2) is 0 Å². The van der Waals surface area contributed by atoms with Crippen LogP contribution in [0, 0.1) is 5.92 Å². The van der Waals surface area contributed by atoms with E-state index in [4.69, 9.17) is 14.2 Å². The van der Waals surface area contributed by atoms with Crippen molar-refractivity contribution in [1.29, 1.82) is 0 Å². The number of hydrogen-bond donors (Lipinski definition) is 2. The maximum atomic E-state index is 5.85. The van der Waals surface area contributed by atoms with Gasteiger partial charge in [0.15, 0.2) is 5.96 Å². The molecule has 3 rings (SSSR count). The first-order valence-electron chi connectivity index (χ1n) is 11.3. The van der Waals surface area contributed by atoms with E-state index in [2.05, 4.69) is 50.9 Å². The van der Waals surface area contributed by atoms with Crippen LogP contribution in [0.15, 0.2) is 35.3 Å². The second-order valence-corrected chi connectivity index (χ2v) is 7.94. The van der Waals surface area contributed by atoms with E-state index in [1.54, 1.807) is 0 Å². The Kier molecular flexibility index (Phi) is 10.4. The minimum absolute atomic E-state index is 0.302. The van der Waals surface area contributed by atoms with Crippen molar-refractivity contribution < 1.29 is 14.2 Å². The fraction of sp³-hybridized carbons (Fsp3) is 0.696. The molecule has 0 saturated carbocycles. The molecule has 0 spiro atoms. The lowest BCUT2D eigenvalue weighted by Gasteiger charge is -2.35. The van der Waals surface area contributed by atoms with Crippen LogP contribution < -0.4 is 10.6 Å². The number of aliphatic imine (C=N–C) groups is 1. The number of rotatable bonds is 10. The molecule has 2 N–H and O–H groups in total. The molecule has 1 unspecified atom stereocenters.